The van der Waals surface area contributed by atoms with Gasteiger partial charge in [-0.15, -0.1) is 0 Å². The van der Waals surface area contributed by atoms with Gasteiger partial charge in [0.1, 0.15) is 5.75 Å². The summed E-state index contributed by atoms with van der Waals surface area (Å²) in [5.41, 5.74) is 2.03. The van der Waals surface area contributed by atoms with Crippen molar-refractivity contribution in [2.45, 2.75) is 46.2 Å². The molecule has 0 unspecified atom stereocenters. The Hall–Kier alpha value is -0.540. The van der Waals surface area contributed by atoms with Gasteiger partial charge in [-0.1, -0.05) is 22.9 Å². The largest absolute Gasteiger partial charge is 0.507 e. The summed E-state index contributed by atoms with van der Waals surface area (Å²) in [4.78, 5) is 2.27. The van der Waals surface area contributed by atoms with E-state index in [1.807, 2.05) is 19.1 Å². The van der Waals surface area contributed by atoms with Crippen LogP contribution in [0.2, 0.25) is 0 Å². The van der Waals surface area contributed by atoms with Crippen molar-refractivity contribution in [1.82, 2.24) is 4.90 Å². The lowest BCUT2D eigenvalue weighted by atomic mass is 9.98. The molecule has 1 aromatic rings. The third-order valence-corrected chi connectivity index (χ3v) is 4.11. The number of hydrogen-bond donors (Lipinski definition) is 1. The number of benzene rings is 1. The average Bonchev–Trinajstić information content (AvgIpc) is 2.25. The van der Waals surface area contributed by atoms with E-state index in [0.29, 0.717) is 5.75 Å². The zero-order valence-electron chi connectivity index (χ0n) is 11.3. The number of aromatic hydroxyl groups is 1. The monoisotopic (exact) mass is 299 g/mol. The first-order valence-corrected chi connectivity index (χ1v) is 6.76. The zero-order valence-corrected chi connectivity index (χ0v) is 12.9. The van der Waals surface area contributed by atoms with Crippen LogP contribution in [0, 0.1) is 6.92 Å². The van der Waals surface area contributed by atoms with Crippen molar-refractivity contribution < 1.29 is 5.11 Å². The molecule has 0 bridgehead atoms. The molecule has 96 valence electrons. The second kappa shape index (κ2) is 5.40. The van der Waals surface area contributed by atoms with Crippen LogP contribution in [0.25, 0.3) is 0 Å². The molecule has 0 aliphatic heterocycles. The molecule has 0 atom stereocenters. The van der Waals surface area contributed by atoms with Gasteiger partial charge in [0.2, 0.25) is 0 Å². The average molecular weight is 300 g/mol. The number of rotatable bonds is 4. The number of halogens is 1. The lowest BCUT2D eigenvalue weighted by molar-refractivity contribution is 0.142. The molecule has 0 heterocycles. The van der Waals surface area contributed by atoms with Gasteiger partial charge in [0.15, 0.2) is 0 Å². The Kier molecular flexibility index (Phi) is 4.62. The van der Waals surface area contributed by atoms with Gasteiger partial charge in [-0.3, -0.25) is 4.90 Å². The number of nitrogens with zero attached hydrogens (tertiary/aromatic N) is 1. The maximum atomic E-state index is 10.1. The molecule has 0 fully saturated rings. The fourth-order valence-corrected chi connectivity index (χ4v) is 2.28. The van der Waals surface area contributed by atoms with Crippen LogP contribution in [-0.2, 0) is 6.54 Å². The Morgan fingerprint density at radius 2 is 1.94 bits per heavy atom. The summed E-state index contributed by atoms with van der Waals surface area (Å²) in [6.45, 7) is 9.30. The molecule has 1 rings (SSSR count). The molecule has 0 radical (unpaired) electrons. The number of phenolic OH excluding ortho intramolecular Hbond substituents is 1. The quantitative estimate of drug-likeness (QED) is 0.905. The van der Waals surface area contributed by atoms with Crippen molar-refractivity contribution in [1.29, 1.82) is 0 Å². The minimum Gasteiger partial charge on any atom is -0.507 e. The molecule has 0 spiro atoms. The number of phenols is 1. The van der Waals surface area contributed by atoms with Crippen LogP contribution in [0.3, 0.4) is 0 Å². The fraction of sp³-hybridized carbons (Fsp3) is 0.571. The molecule has 2 nitrogen and oxygen atoms in total. The molecule has 0 aromatic heterocycles. The molecule has 0 saturated heterocycles. The van der Waals surface area contributed by atoms with Crippen LogP contribution in [0.5, 0.6) is 5.75 Å². The van der Waals surface area contributed by atoms with Crippen molar-refractivity contribution >= 4 is 15.9 Å². The maximum Gasteiger partial charge on any atom is 0.123 e. The van der Waals surface area contributed by atoms with E-state index in [9.17, 15) is 5.11 Å². The van der Waals surface area contributed by atoms with Crippen LogP contribution in [-0.4, -0.2) is 22.6 Å². The lowest BCUT2D eigenvalue weighted by Crippen LogP contribution is -2.39. The summed E-state index contributed by atoms with van der Waals surface area (Å²) < 4.78 is 1.02. The van der Waals surface area contributed by atoms with Gasteiger partial charge in [0, 0.05) is 22.1 Å². The highest BCUT2D eigenvalue weighted by atomic mass is 79.9. The maximum absolute atomic E-state index is 10.1. The molecular formula is C14H22BrNO. The number of aryl methyl sites for hydroxylation is 1. The Morgan fingerprint density at radius 3 is 2.47 bits per heavy atom. The first-order valence-electron chi connectivity index (χ1n) is 5.97. The van der Waals surface area contributed by atoms with E-state index < -0.39 is 0 Å². The molecule has 1 aromatic carbocycles. The van der Waals surface area contributed by atoms with Gasteiger partial charge in [0.25, 0.3) is 0 Å². The van der Waals surface area contributed by atoms with E-state index in [0.717, 1.165) is 28.6 Å². The highest BCUT2D eigenvalue weighted by molar-refractivity contribution is 9.10. The van der Waals surface area contributed by atoms with Crippen molar-refractivity contribution in [3.8, 4) is 5.75 Å². The Labute approximate surface area is 113 Å². The highest BCUT2D eigenvalue weighted by Gasteiger charge is 2.22. The summed E-state index contributed by atoms with van der Waals surface area (Å²) in [5.74, 6) is 0.409. The molecule has 3 heteroatoms. The normalized spacial score (nSPS) is 12.2. The smallest absolute Gasteiger partial charge is 0.123 e. The van der Waals surface area contributed by atoms with Crippen molar-refractivity contribution in [3.63, 3.8) is 0 Å². The van der Waals surface area contributed by atoms with Crippen LogP contribution in [0.4, 0.5) is 0 Å². The van der Waals surface area contributed by atoms with Gasteiger partial charge >= 0.3 is 0 Å². The molecule has 0 aliphatic rings. The molecular weight excluding hydrogens is 278 g/mol. The van der Waals surface area contributed by atoms with Crippen LogP contribution >= 0.6 is 15.9 Å². The SMILES string of the molecule is CCC(C)(C)N(C)Cc1cc(Br)cc(C)c1O. The van der Waals surface area contributed by atoms with Crippen molar-refractivity contribution in [2.75, 3.05) is 7.05 Å². The summed E-state index contributed by atoms with van der Waals surface area (Å²) >= 11 is 3.47. The van der Waals surface area contributed by atoms with E-state index in [2.05, 4.69) is 48.6 Å². The fourth-order valence-electron chi connectivity index (χ4n) is 1.66. The van der Waals surface area contributed by atoms with Crippen LogP contribution in [0.15, 0.2) is 16.6 Å². The summed E-state index contributed by atoms with van der Waals surface area (Å²) in [6.07, 6.45) is 1.08. The predicted molar refractivity (Wildman–Crippen MR) is 76.4 cm³/mol. The summed E-state index contributed by atoms with van der Waals surface area (Å²) in [7, 11) is 2.10. The van der Waals surface area contributed by atoms with Crippen molar-refractivity contribution in [2.24, 2.45) is 0 Å². The van der Waals surface area contributed by atoms with E-state index in [1.54, 1.807) is 0 Å². The second-order valence-corrected chi connectivity index (χ2v) is 6.17. The van der Waals surface area contributed by atoms with Gasteiger partial charge in [-0.05, 0) is 51.9 Å². The zero-order chi connectivity index (χ0) is 13.2. The van der Waals surface area contributed by atoms with Gasteiger partial charge < -0.3 is 5.11 Å². The van der Waals surface area contributed by atoms with Gasteiger partial charge in [-0.2, -0.15) is 0 Å². The Balaban J connectivity index is 2.96. The van der Waals surface area contributed by atoms with Crippen LogP contribution in [0.1, 0.15) is 38.3 Å². The Morgan fingerprint density at radius 1 is 1.35 bits per heavy atom. The Bertz CT molecular complexity index is 401. The summed E-state index contributed by atoms with van der Waals surface area (Å²) in [5, 5.41) is 10.1. The molecule has 0 saturated carbocycles. The molecule has 17 heavy (non-hydrogen) atoms. The van der Waals surface area contributed by atoms with Crippen LogP contribution < -0.4 is 0 Å². The lowest BCUT2D eigenvalue weighted by Gasteiger charge is -2.35. The summed E-state index contributed by atoms with van der Waals surface area (Å²) in [6, 6.07) is 3.92. The third-order valence-electron chi connectivity index (χ3n) is 3.65. The van der Waals surface area contributed by atoms with E-state index in [4.69, 9.17) is 0 Å². The minimum absolute atomic E-state index is 0.142. The highest BCUT2D eigenvalue weighted by Crippen LogP contribution is 2.29. The number of hydrogen-bond acceptors (Lipinski definition) is 2. The van der Waals surface area contributed by atoms with E-state index in [1.165, 1.54) is 0 Å². The molecule has 0 aliphatic carbocycles. The topological polar surface area (TPSA) is 23.5 Å². The predicted octanol–water partition coefficient (Wildman–Crippen LogP) is 4.08. The third kappa shape index (κ3) is 3.46. The first kappa shape index (κ1) is 14.5. The second-order valence-electron chi connectivity index (χ2n) is 5.25. The standard InChI is InChI=1S/C14H22BrNO/c1-6-14(3,4)16(5)9-11-8-12(15)7-10(2)13(11)17/h7-8,17H,6,9H2,1-5H3. The van der Waals surface area contributed by atoms with E-state index in [-0.39, 0.29) is 5.54 Å². The van der Waals surface area contributed by atoms with Crippen molar-refractivity contribution in [3.05, 3.63) is 27.7 Å². The molecule has 0 amide bonds. The van der Waals surface area contributed by atoms with Gasteiger partial charge in [-0.25, -0.2) is 0 Å². The molecule has 1 N–H and O–H groups in total. The first-order chi connectivity index (χ1) is 7.77. The van der Waals surface area contributed by atoms with E-state index >= 15 is 0 Å². The van der Waals surface area contributed by atoms with Gasteiger partial charge in [0.05, 0.1) is 0 Å². The minimum atomic E-state index is 0.142.